The molecule has 0 aliphatic rings. The highest BCUT2D eigenvalue weighted by molar-refractivity contribution is 5.86. The number of hydrogen-bond acceptors (Lipinski definition) is 2. The van der Waals surface area contributed by atoms with Crippen LogP contribution in [-0.2, 0) is 4.79 Å². The summed E-state index contributed by atoms with van der Waals surface area (Å²) in [6.07, 6.45) is 14.6. The molecule has 0 aliphatic heterocycles. The molecule has 22 heavy (non-hydrogen) atoms. The minimum absolute atomic E-state index is 0.0546. The van der Waals surface area contributed by atoms with Gasteiger partial charge in [0.15, 0.2) is 0 Å². The molecular formula is C19H38N2O. The Bertz CT molecular complexity index is 262. The Morgan fingerprint density at radius 2 is 1.32 bits per heavy atom. The van der Waals surface area contributed by atoms with Gasteiger partial charge in [0.2, 0.25) is 5.91 Å². The number of rotatable bonds is 16. The van der Waals surface area contributed by atoms with E-state index in [1.165, 1.54) is 83.5 Å². The molecule has 0 aromatic heterocycles. The van der Waals surface area contributed by atoms with Crippen molar-refractivity contribution >= 4 is 5.91 Å². The first-order valence-corrected chi connectivity index (χ1v) is 9.37. The molecule has 3 heteroatoms. The Hall–Kier alpha value is -0.830. The molecule has 3 nitrogen and oxygen atoms in total. The van der Waals surface area contributed by atoms with E-state index in [2.05, 4.69) is 30.6 Å². The van der Waals surface area contributed by atoms with Gasteiger partial charge >= 0.3 is 0 Å². The molecular weight excluding hydrogens is 272 g/mol. The summed E-state index contributed by atoms with van der Waals surface area (Å²) in [4.78, 5) is 13.4. The smallest absolute Gasteiger partial charge is 0.243 e. The number of nitrogens with one attached hydrogen (secondary N) is 1. The third-order valence-corrected chi connectivity index (χ3v) is 4.28. The first-order chi connectivity index (χ1) is 10.7. The lowest BCUT2D eigenvalue weighted by Gasteiger charge is -2.17. The zero-order chi connectivity index (χ0) is 16.5. The van der Waals surface area contributed by atoms with Gasteiger partial charge in [0.05, 0.1) is 0 Å². The van der Waals surface area contributed by atoms with Crippen LogP contribution < -0.4 is 5.32 Å². The molecule has 0 bridgehead atoms. The van der Waals surface area contributed by atoms with E-state index in [0.717, 1.165) is 13.0 Å². The Labute approximate surface area is 138 Å². The van der Waals surface area contributed by atoms with Crippen molar-refractivity contribution in [2.45, 2.75) is 78.1 Å². The molecule has 1 N–H and O–H groups in total. The first kappa shape index (κ1) is 21.2. The zero-order valence-electron chi connectivity index (χ0n) is 15.0. The molecule has 0 radical (unpaired) electrons. The second-order valence-corrected chi connectivity index (χ2v) is 6.06. The van der Waals surface area contributed by atoms with Gasteiger partial charge in [-0.3, -0.25) is 4.79 Å². The topological polar surface area (TPSA) is 32.3 Å². The van der Waals surface area contributed by atoms with Crippen molar-refractivity contribution in [1.29, 1.82) is 0 Å². The van der Waals surface area contributed by atoms with Crippen LogP contribution in [0.15, 0.2) is 12.7 Å². The van der Waals surface area contributed by atoms with Crippen molar-refractivity contribution in [3.05, 3.63) is 12.7 Å². The lowest BCUT2D eigenvalue weighted by molar-refractivity contribution is -0.116. The number of carbonyl (C=O) groups excluding carboxylic acids is 1. The van der Waals surface area contributed by atoms with Crippen LogP contribution in [0, 0.1) is 0 Å². The molecule has 1 amide bonds. The molecule has 0 atom stereocenters. The SMILES string of the molecule is C=CC(=O)NCCCCCCCCCCCCN(CC)CC. The summed E-state index contributed by atoms with van der Waals surface area (Å²) in [6, 6.07) is 0. The van der Waals surface area contributed by atoms with E-state index in [-0.39, 0.29) is 5.91 Å². The number of nitrogens with zero attached hydrogens (tertiary/aromatic N) is 1. The minimum Gasteiger partial charge on any atom is -0.353 e. The van der Waals surface area contributed by atoms with Crippen LogP contribution in [0.5, 0.6) is 0 Å². The maximum Gasteiger partial charge on any atom is 0.243 e. The summed E-state index contributed by atoms with van der Waals surface area (Å²) in [5.41, 5.74) is 0. The van der Waals surface area contributed by atoms with Crippen molar-refractivity contribution in [3.8, 4) is 0 Å². The third kappa shape index (κ3) is 14.1. The maximum absolute atomic E-state index is 10.9. The average Bonchev–Trinajstić information content (AvgIpc) is 2.55. The minimum atomic E-state index is -0.0546. The van der Waals surface area contributed by atoms with Crippen molar-refractivity contribution in [1.82, 2.24) is 10.2 Å². The maximum atomic E-state index is 10.9. The van der Waals surface area contributed by atoms with Gasteiger partial charge in [-0.2, -0.15) is 0 Å². The highest BCUT2D eigenvalue weighted by Crippen LogP contribution is 2.10. The Kier molecular flexibility index (Phi) is 15.9. The highest BCUT2D eigenvalue weighted by atomic mass is 16.1. The largest absolute Gasteiger partial charge is 0.353 e. The fraction of sp³-hybridized carbons (Fsp3) is 0.842. The van der Waals surface area contributed by atoms with Crippen LogP contribution in [0.3, 0.4) is 0 Å². The van der Waals surface area contributed by atoms with Gasteiger partial charge in [0.25, 0.3) is 0 Å². The van der Waals surface area contributed by atoms with Crippen molar-refractivity contribution < 1.29 is 4.79 Å². The molecule has 0 saturated heterocycles. The van der Waals surface area contributed by atoms with Crippen LogP contribution in [0.4, 0.5) is 0 Å². The van der Waals surface area contributed by atoms with Crippen LogP contribution in [0.25, 0.3) is 0 Å². The second kappa shape index (κ2) is 16.5. The molecule has 0 spiro atoms. The molecule has 0 aromatic carbocycles. The summed E-state index contributed by atoms with van der Waals surface area (Å²) in [5.74, 6) is -0.0546. The van der Waals surface area contributed by atoms with E-state index in [4.69, 9.17) is 0 Å². The molecule has 0 unspecified atom stereocenters. The first-order valence-electron chi connectivity index (χ1n) is 9.37. The van der Waals surface area contributed by atoms with Crippen LogP contribution in [0.2, 0.25) is 0 Å². The molecule has 0 aromatic rings. The lowest BCUT2D eigenvalue weighted by atomic mass is 10.1. The predicted molar refractivity (Wildman–Crippen MR) is 97.2 cm³/mol. The van der Waals surface area contributed by atoms with Crippen LogP contribution in [-0.4, -0.2) is 37.0 Å². The van der Waals surface area contributed by atoms with E-state index in [1.807, 2.05) is 0 Å². The van der Waals surface area contributed by atoms with Gasteiger partial charge in [-0.25, -0.2) is 0 Å². The molecule has 0 fully saturated rings. The molecule has 0 saturated carbocycles. The summed E-state index contributed by atoms with van der Waals surface area (Å²) in [7, 11) is 0. The normalized spacial score (nSPS) is 10.9. The van der Waals surface area contributed by atoms with Gasteiger partial charge in [-0.15, -0.1) is 0 Å². The predicted octanol–water partition coefficient (Wildman–Crippen LogP) is 4.53. The average molecular weight is 311 g/mol. The fourth-order valence-electron chi connectivity index (χ4n) is 2.70. The summed E-state index contributed by atoms with van der Waals surface area (Å²) in [5, 5.41) is 2.82. The highest BCUT2D eigenvalue weighted by Gasteiger charge is 1.98. The molecule has 0 aliphatic carbocycles. The van der Waals surface area contributed by atoms with Gasteiger partial charge in [-0.05, 0) is 38.6 Å². The second-order valence-electron chi connectivity index (χ2n) is 6.06. The van der Waals surface area contributed by atoms with Gasteiger partial charge in [0.1, 0.15) is 0 Å². The van der Waals surface area contributed by atoms with Crippen LogP contribution >= 0.6 is 0 Å². The lowest BCUT2D eigenvalue weighted by Crippen LogP contribution is -2.23. The molecule has 0 rings (SSSR count). The number of unbranched alkanes of at least 4 members (excludes halogenated alkanes) is 9. The summed E-state index contributed by atoms with van der Waals surface area (Å²) in [6.45, 7) is 12.4. The number of amides is 1. The monoisotopic (exact) mass is 310 g/mol. The van der Waals surface area contributed by atoms with Crippen molar-refractivity contribution in [2.75, 3.05) is 26.2 Å². The van der Waals surface area contributed by atoms with Gasteiger partial charge < -0.3 is 10.2 Å². The standard InChI is InChI=1S/C19H38N2O/c1-4-19(22)20-17-15-13-11-9-7-8-10-12-14-16-18-21(5-2)6-3/h4H,1,5-18H2,2-3H3,(H,20,22). The van der Waals surface area contributed by atoms with Crippen LogP contribution in [0.1, 0.15) is 78.1 Å². The molecule has 0 heterocycles. The third-order valence-electron chi connectivity index (χ3n) is 4.28. The fourth-order valence-corrected chi connectivity index (χ4v) is 2.70. The van der Waals surface area contributed by atoms with E-state index in [1.54, 1.807) is 0 Å². The van der Waals surface area contributed by atoms with Gasteiger partial charge in [0, 0.05) is 6.54 Å². The summed E-state index contributed by atoms with van der Waals surface area (Å²) < 4.78 is 0. The Balaban J connectivity index is 3.11. The zero-order valence-corrected chi connectivity index (χ0v) is 15.0. The Morgan fingerprint density at radius 1 is 0.864 bits per heavy atom. The van der Waals surface area contributed by atoms with Crippen molar-refractivity contribution in [3.63, 3.8) is 0 Å². The number of hydrogen-bond donors (Lipinski definition) is 1. The van der Waals surface area contributed by atoms with E-state index < -0.39 is 0 Å². The number of carbonyl (C=O) groups is 1. The quantitative estimate of drug-likeness (QED) is 0.335. The van der Waals surface area contributed by atoms with E-state index in [0.29, 0.717) is 0 Å². The summed E-state index contributed by atoms with van der Waals surface area (Å²) >= 11 is 0. The molecule has 130 valence electrons. The van der Waals surface area contributed by atoms with Gasteiger partial charge in [-0.1, -0.05) is 71.8 Å². The van der Waals surface area contributed by atoms with Crippen molar-refractivity contribution in [2.24, 2.45) is 0 Å². The Morgan fingerprint density at radius 3 is 1.77 bits per heavy atom. The van der Waals surface area contributed by atoms with E-state index in [9.17, 15) is 4.79 Å². The van der Waals surface area contributed by atoms with E-state index >= 15 is 0 Å².